The van der Waals surface area contributed by atoms with Crippen molar-refractivity contribution >= 4 is 27.5 Å². The number of methoxy groups -OCH3 is 2. The van der Waals surface area contributed by atoms with Crippen LogP contribution in [0.3, 0.4) is 0 Å². The van der Waals surface area contributed by atoms with Crippen LogP contribution in [0.25, 0.3) is 0 Å². The topological polar surface area (TPSA) is 105 Å². The molecule has 2 aromatic carbocycles. The number of likely N-dealkylation sites (N-methyl/N-ethyl adjacent to an activating group) is 1. The Labute approximate surface area is 201 Å². The zero-order valence-electron chi connectivity index (χ0n) is 20.3. The first-order chi connectivity index (χ1) is 16.2. The van der Waals surface area contributed by atoms with Gasteiger partial charge < -0.3 is 19.7 Å². The molecule has 2 amide bonds. The van der Waals surface area contributed by atoms with Crippen molar-refractivity contribution in [1.82, 2.24) is 10.2 Å². The van der Waals surface area contributed by atoms with Gasteiger partial charge in [-0.15, -0.1) is 0 Å². The fourth-order valence-corrected chi connectivity index (χ4v) is 4.49. The van der Waals surface area contributed by atoms with Crippen molar-refractivity contribution in [1.29, 1.82) is 0 Å². The maximum Gasteiger partial charge on any atom is 0.244 e. The number of nitrogens with one attached hydrogen (secondary N) is 1. The van der Waals surface area contributed by atoms with Gasteiger partial charge in [0.2, 0.25) is 21.8 Å². The normalized spacial score (nSPS) is 11.9. The first-order valence-electron chi connectivity index (χ1n) is 10.9. The molecule has 1 atom stereocenters. The van der Waals surface area contributed by atoms with Crippen molar-refractivity contribution in [3.8, 4) is 11.5 Å². The molecule has 0 aromatic heterocycles. The molecule has 0 radical (unpaired) electrons. The van der Waals surface area contributed by atoms with Crippen molar-refractivity contribution in [2.75, 3.05) is 44.9 Å². The lowest BCUT2D eigenvalue weighted by molar-refractivity contribution is -0.139. The number of carbonyl (C=O) groups is 2. The van der Waals surface area contributed by atoms with Gasteiger partial charge >= 0.3 is 0 Å². The zero-order chi connectivity index (χ0) is 25.3. The van der Waals surface area contributed by atoms with Crippen LogP contribution in [0.4, 0.5) is 5.69 Å². The Morgan fingerprint density at radius 1 is 1.06 bits per heavy atom. The largest absolute Gasteiger partial charge is 0.497 e. The Hall–Kier alpha value is -3.27. The molecule has 1 N–H and O–H groups in total. The fourth-order valence-electron chi connectivity index (χ4n) is 3.65. The van der Waals surface area contributed by atoms with Gasteiger partial charge in [0.05, 0.1) is 26.2 Å². The summed E-state index contributed by atoms with van der Waals surface area (Å²) in [5, 5.41) is 2.60. The van der Waals surface area contributed by atoms with Crippen molar-refractivity contribution in [2.45, 2.75) is 25.8 Å². The number of hydrogen-bond acceptors (Lipinski definition) is 6. The molecule has 0 aliphatic rings. The van der Waals surface area contributed by atoms with E-state index in [-0.39, 0.29) is 23.9 Å². The first-order valence-corrected chi connectivity index (χ1v) is 12.8. The second kappa shape index (κ2) is 12.3. The van der Waals surface area contributed by atoms with Crippen molar-refractivity contribution in [3.05, 3.63) is 54.1 Å². The van der Waals surface area contributed by atoms with Crippen LogP contribution in [0, 0.1) is 0 Å². The van der Waals surface area contributed by atoms with Crippen molar-refractivity contribution < 1.29 is 27.5 Å². The van der Waals surface area contributed by atoms with Gasteiger partial charge in [0.25, 0.3) is 0 Å². The van der Waals surface area contributed by atoms with Crippen LogP contribution in [0.2, 0.25) is 0 Å². The van der Waals surface area contributed by atoms with E-state index < -0.39 is 28.5 Å². The molecule has 0 spiro atoms. The molecule has 9 nitrogen and oxygen atoms in total. The summed E-state index contributed by atoms with van der Waals surface area (Å²) in [5.41, 5.74) is 1.18. The minimum Gasteiger partial charge on any atom is -0.497 e. The van der Waals surface area contributed by atoms with Crippen LogP contribution >= 0.6 is 0 Å². The summed E-state index contributed by atoms with van der Waals surface area (Å²) in [7, 11) is 0.504. The standard InChI is InChI=1S/C24H33N3O6S/c1-6-20(24(29)25-2)26(15-14-18-10-8-7-9-11-18)23(28)17-27(34(5,30)31)21-16-19(32-3)12-13-22(21)33-4/h7-13,16,20H,6,14-15,17H2,1-5H3,(H,25,29)/t20-/m0/s1. The van der Waals surface area contributed by atoms with E-state index in [0.717, 1.165) is 16.1 Å². The second-order valence-electron chi connectivity index (χ2n) is 7.67. The average Bonchev–Trinajstić information content (AvgIpc) is 2.83. The number of benzene rings is 2. The Kier molecular flexibility index (Phi) is 9.73. The maximum absolute atomic E-state index is 13.5. The van der Waals surface area contributed by atoms with Gasteiger partial charge in [-0.1, -0.05) is 37.3 Å². The van der Waals surface area contributed by atoms with Gasteiger partial charge in [0, 0.05) is 19.7 Å². The van der Waals surface area contributed by atoms with Crippen LogP contribution in [0.1, 0.15) is 18.9 Å². The minimum absolute atomic E-state index is 0.175. The molecule has 10 heteroatoms. The molecule has 0 fully saturated rings. The predicted molar refractivity (Wildman–Crippen MR) is 132 cm³/mol. The third-order valence-corrected chi connectivity index (χ3v) is 6.58. The average molecular weight is 492 g/mol. The van der Waals surface area contributed by atoms with Gasteiger partial charge in [-0.2, -0.15) is 0 Å². The number of anilines is 1. The van der Waals surface area contributed by atoms with E-state index >= 15 is 0 Å². The minimum atomic E-state index is -3.88. The lowest BCUT2D eigenvalue weighted by Crippen LogP contribution is -2.52. The molecule has 2 rings (SSSR count). The lowest BCUT2D eigenvalue weighted by Gasteiger charge is -2.32. The SMILES string of the molecule is CC[C@@H](C(=O)NC)N(CCc1ccccc1)C(=O)CN(c1cc(OC)ccc1OC)S(C)(=O)=O. The quantitative estimate of drug-likeness (QED) is 0.487. The Morgan fingerprint density at radius 2 is 1.74 bits per heavy atom. The summed E-state index contributed by atoms with van der Waals surface area (Å²) in [5.74, 6) is -0.127. The van der Waals surface area contributed by atoms with Gasteiger partial charge in [-0.05, 0) is 30.5 Å². The number of amides is 2. The van der Waals surface area contributed by atoms with E-state index in [1.807, 2.05) is 37.3 Å². The molecule has 0 saturated carbocycles. The molecule has 0 aliphatic carbocycles. The third kappa shape index (κ3) is 6.86. The van der Waals surface area contributed by atoms with Gasteiger partial charge in [0.15, 0.2) is 0 Å². The Balaban J connectivity index is 2.43. The molecule has 0 aliphatic heterocycles. The van der Waals surface area contributed by atoms with Crippen LogP contribution in [-0.2, 0) is 26.0 Å². The number of hydrogen-bond donors (Lipinski definition) is 1. The molecule has 34 heavy (non-hydrogen) atoms. The molecule has 2 aromatic rings. The Morgan fingerprint density at radius 3 is 2.26 bits per heavy atom. The van der Waals surface area contributed by atoms with E-state index in [1.54, 1.807) is 12.1 Å². The summed E-state index contributed by atoms with van der Waals surface area (Å²) in [6.07, 6.45) is 1.91. The summed E-state index contributed by atoms with van der Waals surface area (Å²) >= 11 is 0. The van der Waals surface area contributed by atoms with E-state index in [2.05, 4.69) is 5.32 Å². The number of sulfonamides is 1. The summed E-state index contributed by atoms with van der Waals surface area (Å²) in [6, 6.07) is 13.5. The molecular formula is C24H33N3O6S. The van der Waals surface area contributed by atoms with Crippen molar-refractivity contribution in [3.63, 3.8) is 0 Å². The van der Waals surface area contributed by atoms with Gasteiger partial charge in [-0.25, -0.2) is 8.42 Å². The van der Waals surface area contributed by atoms with Crippen LogP contribution in [-0.4, -0.2) is 71.8 Å². The molecular weight excluding hydrogens is 458 g/mol. The zero-order valence-corrected chi connectivity index (χ0v) is 21.1. The van der Waals surface area contributed by atoms with E-state index in [4.69, 9.17) is 9.47 Å². The number of nitrogens with zero attached hydrogens (tertiary/aromatic N) is 2. The highest BCUT2D eigenvalue weighted by Crippen LogP contribution is 2.33. The van der Waals surface area contributed by atoms with E-state index in [0.29, 0.717) is 18.6 Å². The molecule has 0 bridgehead atoms. The third-order valence-electron chi connectivity index (χ3n) is 5.45. The van der Waals surface area contributed by atoms with Crippen molar-refractivity contribution in [2.24, 2.45) is 0 Å². The summed E-state index contributed by atoms with van der Waals surface area (Å²) in [4.78, 5) is 27.5. The van der Waals surface area contributed by atoms with E-state index in [9.17, 15) is 18.0 Å². The highest BCUT2D eigenvalue weighted by molar-refractivity contribution is 7.92. The van der Waals surface area contributed by atoms with E-state index in [1.165, 1.54) is 32.2 Å². The first kappa shape index (κ1) is 27.0. The van der Waals surface area contributed by atoms with Gasteiger partial charge in [0.1, 0.15) is 24.1 Å². The second-order valence-corrected chi connectivity index (χ2v) is 9.58. The maximum atomic E-state index is 13.5. The monoisotopic (exact) mass is 491 g/mol. The summed E-state index contributed by atoms with van der Waals surface area (Å²) < 4.78 is 37.0. The van der Waals surface area contributed by atoms with Crippen LogP contribution in [0.15, 0.2) is 48.5 Å². The molecule has 0 saturated heterocycles. The number of carbonyl (C=O) groups excluding carboxylic acids is 2. The molecule has 0 unspecified atom stereocenters. The van der Waals surface area contributed by atoms with Gasteiger partial charge in [-0.3, -0.25) is 13.9 Å². The van der Waals surface area contributed by atoms with Crippen LogP contribution in [0.5, 0.6) is 11.5 Å². The molecule has 186 valence electrons. The molecule has 0 heterocycles. The predicted octanol–water partition coefficient (Wildman–Crippen LogP) is 2.07. The smallest absolute Gasteiger partial charge is 0.244 e. The van der Waals surface area contributed by atoms with Crippen LogP contribution < -0.4 is 19.1 Å². The highest BCUT2D eigenvalue weighted by Gasteiger charge is 2.32. The number of rotatable bonds is 12. The highest BCUT2D eigenvalue weighted by atomic mass is 32.2. The Bertz CT molecular complexity index is 1080. The fraction of sp³-hybridized carbons (Fsp3) is 0.417. The number of ether oxygens (including phenoxy) is 2. The summed E-state index contributed by atoms with van der Waals surface area (Å²) in [6.45, 7) is 1.56. The lowest BCUT2D eigenvalue weighted by atomic mass is 10.1.